The minimum atomic E-state index is -5.08. The maximum absolute atomic E-state index is 12.6. The third kappa shape index (κ3) is 5.93. The molecule has 10 heteroatoms. The molecule has 2 amide bonds. The number of halogens is 3. The Morgan fingerprint density at radius 1 is 1.28 bits per heavy atom. The number of fused-ring (bicyclic) bond motifs is 1. The van der Waals surface area contributed by atoms with E-state index in [9.17, 15) is 22.8 Å². The average molecular weight is 415 g/mol. The van der Waals surface area contributed by atoms with E-state index in [0.29, 0.717) is 25.3 Å². The number of hydrogen-bond donors (Lipinski definition) is 3. The molecule has 1 aromatic rings. The molecular weight excluding hydrogens is 391 g/mol. The van der Waals surface area contributed by atoms with Crippen LogP contribution in [-0.2, 0) is 20.8 Å². The standard InChI is InChI=1S/C17H23N3O2.C2HF3O2/c1-2-13(18)17(22)20-14-6-4-3-5-12(14)9-15(20)16(21)19-10-11-7-8-11;3-2(4,5)1(6)7/h3-6,11,13,15H,2,7-10,18H2,1H3,(H,19,21);(H,6,7)/t13-,15-;/m0./s1. The lowest BCUT2D eigenvalue weighted by molar-refractivity contribution is -0.192. The second kappa shape index (κ2) is 9.25. The fourth-order valence-corrected chi connectivity index (χ4v) is 2.91. The van der Waals surface area contributed by atoms with Gasteiger partial charge in [0.1, 0.15) is 6.04 Å². The van der Waals surface area contributed by atoms with Gasteiger partial charge in [0.2, 0.25) is 11.8 Å². The Hall–Kier alpha value is -2.62. The van der Waals surface area contributed by atoms with Gasteiger partial charge < -0.3 is 16.2 Å². The molecule has 7 nitrogen and oxygen atoms in total. The number of benzene rings is 1. The van der Waals surface area contributed by atoms with Crippen LogP contribution in [0.15, 0.2) is 24.3 Å². The smallest absolute Gasteiger partial charge is 0.475 e. The predicted octanol–water partition coefficient (Wildman–Crippen LogP) is 1.84. The van der Waals surface area contributed by atoms with Crippen LogP contribution in [0.2, 0.25) is 0 Å². The Bertz CT molecular complexity index is 765. The Morgan fingerprint density at radius 2 is 1.86 bits per heavy atom. The minimum absolute atomic E-state index is 0.0697. The number of carbonyl (C=O) groups excluding carboxylic acids is 2. The summed E-state index contributed by atoms with van der Waals surface area (Å²) in [7, 11) is 0. The topological polar surface area (TPSA) is 113 Å². The van der Waals surface area contributed by atoms with E-state index >= 15 is 0 Å². The molecule has 29 heavy (non-hydrogen) atoms. The number of anilines is 1. The molecule has 1 fully saturated rings. The summed E-state index contributed by atoms with van der Waals surface area (Å²) >= 11 is 0. The lowest BCUT2D eigenvalue weighted by atomic mass is 10.1. The number of nitrogens with zero attached hydrogens (tertiary/aromatic N) is 1. The van der Waals surface area contributed by atoms with Crippen LogP contribution in [0, 0.1) is 5.92 Å². The normalized spacial score (nSPS) is 18.9. The summed E-state index contributed by atoms with van der Waals surface area (Å²) in [6.07, 6.45) is -1.58. The Labute approximate surface area is 166 Å². The highest BCUT2D eigenvalue weighted by molar-refractivity contribution is 6.05. The summed E-state index contributed by atoms with van der Waals surface area (Å²) in [6, 6.07) is 6.66. The zero-order chi connectivity index (χ0) is 21.8. The number of rotatable bonds is 5. The second-order valence-electron chi connectivity index (χ2n) is 7.06. The molecule has 1 heterocycles. The van der Waals surface area contributed by atoms with Gasteiger partial charge in [-0.05, 0) is 36.8 Å². The maximum Gasteiger partial charge on any atom is 0.490 e. The molecule has 1 aliphatic heterocycles. The first-order chi connectivity index (χ1) is 13.6. The van der Waals surface area contributed by atoms with Crippen LogP contribution in [-0.4, -0.2) is 47.7 Å². The van der Waals surface area contributed by atoms with Gasteiger partial charge in [-0.25, -0.2) is 4.79 Å². The monoisotopic (exact) mass is 415 g/mol. The van der Waals surface area contributed by atoms with Crippen molar-refractivity contribution in [2.75, 3.05) is 11.4 Å². The van der Waals surface area contributed by atoms with Crippen molar-refractivity contribution in [1.82, 2.24) is 5.32 Å². The fourth-order valence-electron chi connectivity index (χ4n) is 2.91. The van der Waals surface area contributed by atoms with E-state index in [1.54, 1.807) is 4.90 Å². The molecule has 3 rings (SSSR count). The summed E-state index contributed by atoms with van der Waals surface area (Å²) < 4.78 is 31.7. The summed E-state index contributed by atoms with van der Waals surface area (Å²) in [5.41, 5.74) is 7.78. The highest BCUT2D eigenvalue weighted by atomic mass is 19.4. The van der Waals surface area contributed by atoms with Crippen molar-refractivity contribution in [3.05, 3.63) is 29.8 Å². The van der Waals surface area contributed by atoms with Crippen molar-refractivity contribution in [3.8, 4) is 0 Å². The third-order valence-corrected chi connectivity index (χ3v) is 4.78. The molecule has 0 unspecified atom stereocenters. The third-order valence-electron chi connectivity index (χ3n) is 4.78. The molecule has 0 spiro atoms. The number of nitrogens with two attached hydrogens (primary N) is 1. The number of para-hydroxylation sites is 1. The lowest BCUT2D eigenvalue weighted by Crippen LogP contribution is -2.53. The molecular formula is C19H24F3N3O4. The van der Waals surface area contributed by atoms with Crippen LogP contribution in [0.25, 0.3) is 0 Å². The van der Waals surface area contributed by atoms with Crippen LogP contribution in [0.5, 0.6) is 0 Å². The highest BCUT2D eigenvalue weighted by Crippen LogP contribution is 2.33. The Balaban J connectivity index is 0.000000370. The highest BCUT2D eigenvalue weighted by Gasteiger charge is 2.40. The number of hydrogen-bond acceptors (Lipinski definition) is 4. The molecule has 1 aliphatic carbocycles. The molecule has 1 aromatic carbocycles. The Morgan fingerprint density at radius 3 is 2.38 bits per heavy atom. The van der Waals surface area contributed by atoms with Crippen molar-refractivity contribution in [1.29, 1.82) is 0 Å². The SMILES string of the molecule is CC[C@H](N)C(=O)N1c2ccccc2C[C@H]1C(=O)NCC1CC1.O=C(O)C(F)(F)F. The molecule has 4 N–H and O–H groups in total. The van der Waals surface area contributed by atoms with E-state index < -0.39 is 24.2 Å². The first kappa shape index (κ1) is 22.7. The number of carboxylic acids is 1. The van der Waals surface area contributed by atoms with E-state index in [0.717, 1.165) is 11.3 Å². The summed E-state index contributed by atoms with van der Waals surface area (Å²) in [5, 5.41) is 10.1. The van der Waals surface area contributed by atoms with Crippen molar-refractivity contribution >= 4 is 23.5 Å². The number of aliphatic carboxylic acids is 1. The molecule has 0 bridgehead atoms. The van der Waals surface area contributed by atoms with Crippen molar-refractivity contribution in [3.63, 3.8) is 0 Å². The van der Waals surface area contributed by atoms with Gasteiger partial charge in [-0.15, -0.1) is 0 Å². The summed E-state index contributed by atoms with van der Waals surface area (Å²) in [5.74, 6) is -2.37. The van der Waals surface area contributed by atoms with Crippen molar-refractivity contribution in [2.45, 2.75) is 50.9 Å². The minimum Gasteiger partial charge on any atom is -0.475 e. The molecule has 2 aliphatic rings. The van der Waals surface area contributed by atoms with Gasteiger partial charge in [-0.3, -0.25) is 14.5 Å². The van der Waals surface area contributed by atoms with Gasteiger partial charge in [0.15, 0.2) is 0 Å². The van der Waals surface area contributed by atoms with Crippen molar-refractivity contribution in [2.24, 2.45) is 11.7 Å². The van der Waals surface area contributed by atoms with E-state index in [-0.39, 0.29) is 11.8 Å². The summed E-state index contributed by atoms with van der Waals surface area (Å²) in [4.78, 5) is 35.7. The van der Waals surface area contributed by atoms with Gasteiger partial charge in [-0.1, -0.05) is 25.1 Å². The van der Waals surface area contributed by atoms with Crippen LogP contribution in [0.1, 0.15) is 31.7 Å². The number of carbonyl (C=O) groups is 3. The molecule has 0 saturated heterocycles. The van der Waals surface area contributed by atoms with Crippen LogP contribution in [0.3, 0.4) is 0 Å². The van der Waals surface area contributed by atoms with Gasteiger partial charge in [-0.2, -0.15) is 13.2 Å². The average Bonchev–Trinajstić information content (AvgIpc) is 3.42. The largest absolute Gasteiger partial charge is 0.490 e. The lowest BCUT2D eigenvalue weighted by Gasteiger charge is -2.27. The molecule has 160 valence electrons. The number of carboxylic acid groups (broad SMARTS) is 1. The summed E-state index contributed by atoms with van der Waals surface area (Å²) in [6.45, 7) is 2.60. The molecule has 2 atom stereocenters. The van der Waals surface area contributed by atoms with Gasteiger partial charge in [0.05, 0.1) is 6.04 Å². The first-order valence-electron chi connectivity index (χ1n) is 9.30. The number of amides is 2. The first-order valence-corrected chi connectivity index (χ1v) is 9.30. The van der Waals surface area contributed by atoms with Gasteiger partial charge in [0, 0.05) is 18.7 Å². The fraction of sp³-hybridized carbons (Fsp3) is 0.526. The number of alkyl halides is 3. The van der Waals surface area contributed by atoms with E-state index in [4.69, 9.17) is 15.6 Å². The maximum atomic E-state index is 12.6. The molecule has 0 aromatic heterocycles. The Kier molecular flexibility index (Phi) is 7.23. The molecule has 1 saturated carbocycles. The van der Waals surface area contributed by atoms with Crippen LogP contribution >= 0.6 is 0 Å². The van der Waals surface area contributed by atoms with Crippen molar-refractivity contribution < 1.29 is 32.7 Å². The number of nitrogens with one attached hydrogen (secondary N) is 1. The van der Waals surface area contributed by atoms with Gasteiger partial charge in [0.25, 0.3) is 0 Å². The van der Waals surface area contributed by atoms with E-state index in [1.807, 2.05) is 31.2 Å². The van der Waals surface area contributed by atoms with E-state index in [2.05, 4.69) is 5.32 Å². The van der Waals surface area contributed by atoms with Crippen LogP contribution in [0.4, 0.5) is 18.9 Å². The quantitative estimate of drug-likeness (QED) is 0.679. The van der Waals surface area contributed by atoms with Gasteiger partial charge >= 0.3 is 12.1 Å². The second-order valence-corrected chi connectivity index (χ2v) is 7.06. The molecule has 0 radical (unpaired) electrons. The van der Waals surface area contributed by atoms with E-state index in [1.165, 1.54) is 12.8 Å². The zero-order valence-corrected chi connectivity index (χ0v) is 15.9. The van der Waals surface area contributed by atoms with Crippen LogP contribution < -0.4 is 16.0 Å². The predicted molar refractivity (Wildman–Crippen MR) is 99.1 cm³/mol. The zero-order valence-electron chi connectivity index (χ0n) is 15.9.